The number of nitrogens with zero attached hydrogens (tertiary/aromatic N) is 3. The van der Waals surface area contributed by atoms with Crippen molar-refractivity contribution in [2.45, 2.75) is 52.0 Å². The van der Waals surface area contributed by atoms with E-state index in [2.05, 4.69) is 15.5 Å². The number of hydrogen-bond donors (Lipinski definition) is 1. The molecule has 0 bridgehead atoms. The molecule has 0 unspecified atom stereocenters. The van der Waals surface area contributed by atoms with Crippen LogP contribution in [0, 0.1) is 0 Å². The van der Waals surface area contributed by atoms with Gasteiger partial charge in [0, 0.05) is 30.3 Å². The molecule has 1 amide bonds. The number of anilines is 2. The van der Waals surface area contributed by atoms with Crippen LogP contribution in [0.1, 0.15) is 63.7 Å². The number of nitrogens with one attached hydrogen (secondary N) is 1. The molecular formula is C18H24N4O2. The Morgan fingerprint density at radius 1 is 1.25 bits per heavy atom. The number of benzene rings is 1. The van der Waals surface area contributed by atoms with Crippen molar-refractivity contribution in [2.75, 3.05) is 16.8 Å². The maximum atomic E-state index is 12.1. The van der Waals surface area contributed by atoms with Gasteiger partial charge in [-0.25, -0.2) is 0 Å². The summed E-state index contributed by atoms with van der Waals surface area (Å²) >= 11 is 0. The van der Waals surface area contributed by atoms with E-state index in [1.54, 1.807) is 0 Å². The highest BCUT2D eigenvalue weighted by Crippen LogP contribution is 2.26. The molecule has 6 nitrogen and oxygen atoms in total. The summed E-state index contributed by atoms with van der Waals surface area (Å²) in [7, 11) is 0. The van der Waals surface area contributed by atoms with Gasteiger partial charge in [0.1, 0.15) is 6.04 Å². The average Bonchev–Trinajstić information content (AvgIpc) is 3.06. The van der Waals surface area contributed by atoms with Crippen LogP contribution < -0.4 is 10.2 Å². The molecule has 1 fully saturated rings. The Bertz CT molecular complexity index is 711. The van der Waals surface area contributed by atoms with E-state index in [1.165, 1.54) is 0 Å². The zero-order chi connectivity index (χ0) is 17.1. The van der Waals surface area contributed by atoms with Crippen molar-refractivity contribution >= 4 is 17.3 Å². The largest absolute Gasteiger partial charge is 0.374 e. The molecule has 1 aliphatic rings. The van der Waals surface area contributed by atoms with E-state index >= 15 is 0 Å². The second-order valence-electron chi connectivity index (χ2n) is 6.56. The van der Waals surface area contributed by atoms with Gasteiger partial charge in [-0.3, -0.25) is 4.79 Å². The summed E-state index contributed by atoms with van der Waals surface area (Å²) < 4.78 is 5.34. The standard InChI is InChI=1S/C18H24N4O2/c1-12(2)17-20-18(24-21-17)13(3)19-14-7-6-8-15(11-14)22-10-5-4-9-16(22)23/h6-8,11-13,19H,4-5,9-10H2,1-3H3/t13-/m1/s1. The highest BCUT2D eigenvalue weighted by atomic mass is 16.5. The first-order valence-electron chi connectivity index (χ1n) is 8.55. The number of carbonyl (C=O) groups is 1. The van der Waals surface area contributed by atoms with Gasteiger partial charge in [0.25, 0.3) is 0 Å². The Hall–Kier alpha value is -2.37. The van der Waals surface area contributed by atoms with Gasteiger partial charge in [0.15, 0.2) is 5.82 Å². The van der Waals surface area contributed by atoms with E-state index < -0.39 is 0 Å². The molecule has 3 rings (SSSR count). The quantitative estimate of drug-likeness (QED) is 0.902. The van der Waals surface area contributed by atoms with Crippen molar-refractivity contribution in [3.63, 3.8) is 0 Å². The Morgan fingerprint density at radius 2 is 2.08 bits per heavy atom. The molecule has 24 heavy (non-hydrogen) atoms. The van der Waals surface area contributed by atoms with Crippen LogP contribution in [-0.4, -0.2) is 22.6 Å². The summed E-state index contributed by atoms with van der Waals surface area (Å²) in [5, 5.41) is 7.37. The van der Waals surface area contributed by atoms with Crippen LogP contribution >= 0.6 is 0 Å². The summed E-state index contributed by atoms with van der Waals surface area (Å²) in [6.07, 6.45) is 2.67. The summed E-state index contributed by atoms with van der Waals surface area (Å²) in [5.74, 6) is 1.72. The minimum Gasteiger partial charge on any atom is -0.374 e. The minimum absolute atomic E-state index is 0.0997. The molecule has 0 saturated carbocycles. The lowest BCUT2D eigenvalue weighted by molar-refractivity contribution is -0.119. The third kappa shape index (κ3) is 3.58. The second-order valence-corrected chi connectivity index (χ2v) is 6.56. The van der Waals surface area contributed by atoms with Gasteiger partial charge in [-0.2, -0.15) is 4.98 Å². The lowest BCUT2D eigenvalue weighted by Gasteiger charge is -2.27. The predicted octanol–water partition coefficient (Wildman–Crippen LogP) is 3.88. The van der Waals surface area contributed by atoms with Gasteiger partial charge < -0.3 is 14.7 Å². The number of amides is 1. The first-order valence-corrected chi connectivity index (χ1v) is 8.55. The van der Waals surface area contributed by atoms with Gasteiger partial charge in [-0.15, -0.1) is 0 Å². The van der Waals surface area contributed by atoms with Gasteiger partial charge in [-0.05, 0) is 38.0 Å². The van der Waals surface area contributed by atoms with Gasteiger partial charge in [0.2, 0.25) is 11.8 Å². The van der Waals surface area contributed by atoms with Crippen molar-refractivity contribution < 1.29 is 9.32 Å². The summed E-state index contributed by atoms with van der Waals surface area (Å²) in [6.45, 7) is 6.84. The van der Waals surface area contributed by atoms with Crippen molar-refractivity contribution in [2.24, 2.45) is 0 Å². The molecule has 128 valence electrons. The number of rotatable bonds is 5. The van der Waals surface area contributed by atoms with Crippen LogP contribution in [0.2, 0.25) is 0 Å². The van der Waals surface area contributed by atoms with E-state index in [-0.39, 0.29) is 17.9 Å². The Morgan fingerprint density at radius 3 is 2.79 bits per heavy atom. The monoisotopic (exact) mass is 328 g/mol. The van der Waals surface area contributed by atoms with Gasteiger partial charge >= 0.3 is 0 Å². The molecule has 2 heterocycles. The Kier molecular flexibility index (Phi) is 4.83. The smallest absolute Gasteiger partial charge is 0.248 e. The van der Waals surface area contributed by atoms with Crippen LogP contribution in [0.4, 0.5) is 11.4 Å². The molecule has 0 radical (unpaired) electrons. The lowest BCUT2D eigenvalue weighted by atomic mass is 10.1. The van der Waals surface area contributed by atoms with Crippen LogP contribution in [0.3, 0.4) is 0 Å². The van der Waals surface area contributed by atoms with E-state index in [9.17, 15) is 4.79 Å². The highest BCUT2D eigenvalue weighted by Gasteiger charge is 2.20. The van der Waals surface area contributed by atoms with Crippen molar-refractivity contribution in [3.8, 4) is 0 Å². The normalized spacial score (nSPS) is 16.5. The highest BCUT2D eigenvalue weighted by molar-refractivity contribution is 5.94. The molecule has 2 aromatic rings. The molecule has 6 heteroatoms. The second kappa shape index (κ2) is 7.03. The van der Waals surface area contributed by atoms with E-state index in [0.29, 0.717) is 18.1 Å². The molecule has 1 N–H and O–H groups in total. The number of hydrogen-bond acceptors (Lipinski definition) is 5. The van der Waals surface area contributed by atoms with Crippen LogP contribution in [-0.2, 0) is 4.79 Å². The lowest BCUT2D eigenvalue weighted by Crippen LogP contribution is -2.35. The molecule has 1 saturated heterocycles. The van der Waals surface area contributed by atoms with Crippen LogP contribution in [0.25, 0.3) is 0 Å². The maximum absolute atomic E-state index is 12.1. The molecule has 1 aromatic carbocycles. The van der Waals surface area contributed by atoms with E-state index in [0.717, 1.165) is 30.8 Å². The molecular weight excluding hydrogens is 304 g/mol. The fourth-order valence-corrected chi connectivity index (χ4v) is 2.81. The first kappa shape index (κ1) is 16.5. The number of carbonyl (C=O) groups excluding carboxylic acids is 1. The number of aromatic nitrogens is 2. The minimum atomic E-state index is -0.0997. The SMILES string of the molecule is CC(C)c1noc([C@@H](C)Nc2cccc(N3CCCCC3=O)c2)n1. The maximum Gasteiger partial charge on any atom is 0.248 e. The third-order valence-electron chi connectivity index (χ3n) is 4.21. The average molecular weight is 328 g/mol. The van der Waals surface area contributed by atoms with Gasteiger partial charge in [-0.1, -0.05) is 25.1 Å². The van der Waals surface area contributed by atoms with Crippen LogP contribution in [0.5, 0.6) is 0 Å². The van der Waals surface area contributed by atoms with Crippen LogP contribution in [0.15, 0.2) is 28.8 Å². The van der Waals surface area contributed by atoms with E-state index in [1.807, 2.05) is 49.9 Å². The predicted molar refractivity (Wildman–Crippen MR) is 93.1 cm³/mol. The Labute approximate surface area is 142 Å². The molecule has 0 spiro atoms. The molecule has 0 aliphatic carbocycles. The number of piperidine rings is 1. The third-order valence-corrected chi connectivity index (χ3v) is 4.21. The van der Waals surface area contributed by atoms with Gasteiger partial charge in [0.05, 0.1) is 0 Å². The van der Waals surface area contributed by atoms with Crippen molar-refractivity contribution in [3.05, 3.63) is 36.0 Å². The first-order chi connectivity index (χ1) is 11.5. The fourth-order valence-electron chi connectivity index (χ4n) is 2.81. The zero-order valence-corrected chi connectivity index (χ0v) is 14.5. The Balaban J connectivity index is 1.72. The fraction of sp³-hybridized carbons (Fsp3) is 0.500. The zero-order valence-electron chi connectivity index (χ0n) is 14.5. The summed E-state index contributed by atoms with van der Waals surface area (Å²) in [6, 6.07) is 7.81. The van der Waals surface area contributed by atoms with Crippen molar-refractivity contribution in [1.82, 2.24) is 10.1 Å². The van der Waals surface area contributed by atoms with Crippen molar-refractivity contribution in [1.29, 1.82) is 0 Å². The molecule has 1 aliphatic heterocycles. The summed E-state index contributed by atoms with van der Waals surface area (Å²) in [4.78, 5) is 18.4. The topological polar surface area (TPSA) is 71.3 Å². The summed E-state index contributed by atoms with van der Waals surface area (Å²) in [5.41, 5.74) is 1.87. The molecule has 1 atom stereocenters. The molecule has 1 aromatic heterocycles. The van der Waals surface area contributed by atoms with E-state index in [4.69, 9.17) is 4.52 Å².